The van der Waals surface area contributed by atoms with Crippen molar-refractivity contribution in [2.24, 2.45) is 0 Å². The predicted molar refractivity (Wildman–Crippen MR) is 68.9 cm³/mol. The normalized spacial score (nSPS) is 17.1. The molecule has 18 heavy (non-hydrogen) atoms. The molecule has 1 aromatic carbocycles. The Balaban J connectivity index is 2.53. The molecule has 1 amide bonds. The second-order valence-electron chi connectivity index (χ2n) is 5.18. The number of hydrogen-bond acceptors (Lipinski definition) is 3. The number of aryl methyl sites for hydroxylation is 1. The summed E-state index contributed by atoms with van der Waals surface area (Å²) in [6.07, 6.45) is 0. The molecule has 2 rings (SSSR count). The maximum Gasteiger partial charge on any atom is 0.271 e. The SMILES string of the molecule is CC(=O)CN1C(=O)C(C)(C)Oc2ccc(C)cc21. The van der Waals surface area contributed by atoms with Crippen molar-refractivity contribution in [3.63, 3.8) is 0 Å². The van der Waals surface area contributed by atoms with Crippen molar-refractivity contribution in [2.75, 3.05) is 11.4 Å². The topological polar surface area (TPSA) is 46.6 Å². The Morgan fingerprint density at radius 1 is 1.39 bits per heavy atom. The number of ether oxygens (including phenoxy) is 1. The van der Waals surface area contributed by atoms with Crippen LogP contribution in [0.3, 0.4) is 0 Å². The lowest BCUT2D eigenvalue weighted by atomic mass is 10.0. The van der Waals surface area contributed by atoms with Crippen LogP contribution in [0.25, 0.3) is 0 Å². The zero-order valence-corrected chi connectivity index (χ0v) is 11.1. The maximum absolute atomic E-state index is 12.3. The molecule has 0 N–H and O–H groups in total. The fraction of sp³-hybridized carbons (Fsp3) is 0.429. The number of fused-ring (bicyclic) bond motifs is 1. The molecular formula is C14H17NO3. The summed E-state index contributed by atoms with van der Waals surface area (Å²) in [5, 5.41) is 0. The molecule has 0 fully saturated rings. The third-order valence-electron chi connectivity index (χ3n) is 2.91. The summed E-state index contributed by atoms with van der Waals surface area (Å²) >= 11 is 0. The summed E-state index contributed by atoms with van der Waals surface area (Å²) in [5.74, 6) is 0.413. The number of benzene rings is 1. The highest BCUT2D eigenvalue weighted by atomic mass is 16.5. The molecule has 4 heteroatoms. The van der Waals surface area contributed by atoms with Crippen molar-refractivity contribution in [1.29, 1.82) is 0 Å². The lowest BCUT2D eigenvalue weighted by molar-refractivity contribution is -0.133. The Morgan fingerprint density at radius 2 is 2.06 bits per heavy atom. The highest BCUT2D eigenvalue weighted by Gasteiger charge is 2.41. The van der Waals surface area contributed by atoms with Crippen LogP contribution in [0.2, 0.25) is 0 Å². The van der Waals surface area contributed by atoms with Gasteiger partial charge in [-0.1, -0.05) is 6.07 Å². The number of ketones is 1. The third-order valence-corrected chi connectivity index (χ3v) is 2.91. The number of carbonyl (C=O) groups excluding carboxylic acids is 2. The molecule has 4 nitrogen and oxygen atoms in total. The van der Waals surface area contributed by atoms with Crippen LogP contribution in [-0.2, 0) is 9.59 Å². The molecule has 0 spiro atoms. The summed E-state index contributed by atoms with van der Waals surface area (Å²) in [6, 6.07) is 5.63. The van der Waals surface area contributed by atoms with E-state index in [-0.39, 0.29) is 18.2 Å². The van der Waals surface area contributed by atoms with Crippen LogP contribution in [0.15, 0.2) is 18.2 Å². The van der Waals surface area contributed by atoms with E-state index in [1.807, 2.05) is 25.1 Å². The van der Waals surface area contributed by atoms with Gasteiger partial charge in [-0.05, 0) is 45.4 Å². The first-order valence-electron chi connectivity index (χ1n) is 5.92. The smallest absolute Gasteiger partial charge is 0.271 e. The Hall–Kier alpha value is -1.84. The standard InChI is InChI=1S/C14H17NO3/c1-9-5-6-12-11(7-9)15(8-10(2)16)13(17)14(3,4)18-12/h5-7H,8H2,1-4H3. The first-order chi connectivity index (χ1) is 8.31. The molecule has 0 aromatic heterocycles. The van der Waals surface area contributed by atoms with E-state index in [1.165, 1.54) is 11.8 Å². The highest BCUT2D eigenvalue weighted by Crippen LogP contribution is 2.38. The minimum absolute atomic E-state index is 0.0477. The average Bonchev–Trinajstić information content (AvgIpc) is 2.25. The van der Waals surface area contributed by atoms with Crippen LogP contribution in [0, 0.1) is 6.92 Å². The Morgan fingerprint density at radius 3 is 2.67 bits per heavy atom. The number of Topliss-reactive ketones (excluding diaryl/α,β-unsaturated/α-hetero) is 1. The van der Waals surface area contributed by atoms with Crippen molar-refractivity contribution < 1.29 is 14.3 Å². The van der Waals surface area contributed by atoms with E-state index in [2.05, 4.69) is 0 Å². The third kappa shape index (κ3) is 2.10. The number of nitrogens with zero attached hydrogens (tertiary/aromatic N) is 1. The minimum Gasteiger partial charge on any atom is -0.476 e. The molecule has 1 heterocycles. The lowest BCUT2D eigenvalue weighted by Gasteiger charge is -2.38. The largest absolute Gasteiger partial charge is 0.476 e. The second-order valence-corrected chi connectivity index (χ2v) is 5.18. The molecule has 1 aliphatic heterocycles. The zero-order valence-electron chi connectivity index (χ0n) is 11.1. The zero-order chi connectivity index (χ0) is 13.5. The summed E-state index contributed by atoms with van der Waals surface area (Å²) < 4.78 is 5.70. The van der Waals surface area contributed by atoms with E-state index < -0.39 is 5.60 Å². The first kappa shape index (κ1) is 12.6. The molecular weight excluding hydrogens is 230 g/mol. The van der Waals surface area contributed by atoms with Crippen LogP contribution in [0.1, 0.15) is 26.3 Å². The average molecular weight is 247 g/mol. The number of amides is 1. The van der Waals surface area contributed by atoms with Crippen molar-refractivity contribution in [3.05, 3.63) is 23.8 Å². The van der Waals surface area contributed by atoms with Gasteiger partial charge in [0.05, 0.1) is 12.2 Å². The molecule has 0 atom stereocenters. The van der Waals surface area contributed by atoms with E-state index >= 15 is 0 Å². The van der Waals surface area contributed by atoms with Crippen molar-refractivity contribution >= 4 is 17.4 Å². The van der Waals surface area contributed by atoms with Gasteiger partial charge in [0, 0.05) is 0 Å². The number of anilines is 1. The minimum atomic E-state index is -0.933. The van der Waals surface area contributed by atoms with Crippen LogP contribution < -0.4 is 9.64 Å². The van der Waals surface area contributed by atoms with E-state index in [0.717, 1.165) is 5.56 Å². The molecule has 0 bridgehead atoms. The number of hydrogen-bond donors (Lipinski definition) is 0. The van der Waals surface area contributed by atoms with Gasteiger partial charge in [-0.2, -0.15) is 0 Å². The van der Waals surface area contributed by atoms with Crippen molar-refractivity contribution in [1.82, 2.24) is 0 Å². The van der Waals surface area contributed by atoms with Gasteiger partial charge >= 0.3 is 0 Å². The van der Waals surface area contributed by atoms with Crippen LogP contribution >= 0.6 is 0 Å². The molecule has 96 valence electrons. The fourth-order valence-electron chi connectivity index (χ4n) is 2.06. The van der Waals surface area contributed by atoms with E-state index in [0.29, 0.717) is 11.4 Å². The molecule has 0 unspecified atom stereocenters. The summed E-state index contributed by atoms with van der Waals surface area (Å²) in [4.78, 5) is 25.1. The van der Waals surface area contributed by atoms with Gasteiger partial charge in [0.2, 0.25) is 0 Å². The summed E-state index contributed by atoms with van der Waals surface area (Å²) in [7, 11) is 0. The van der Waals surface area contributed by atoms with Gasteiger partial charge in [-0.15, -0.1) is 0 Å². The number of carbonyl (C=O) groups is 2. The van der Waals surface area contributed by atoms with Crippen LogP contribution in [0.4, 0.5) is 5.69 Å². The maximum atomic E-state index is 12.3. The Bertz CT molecular complexity index is 520. The van der Waals surface area contributed by atoms with Gasteiger partial charge in [0.15, 0.2) is 5.60 Å². The fourth-order valence-corrected chi connectivity index (χ4v) is 2.06. The van der Waals surface area contributed by atoms with Crippen molar-refractivity contribution in [3.8, 4) is 5.75 Å². The monoisotopic (exact) mass is 247 g/mol. The summed E-state index contributed by atoms with van der Waals surface area (Å²) in [5.41, 5.74) is 0.769. The lowest BCUT2D eigenvalue weighted by Crippen LogP contribution is -2.53. The first-order valence-corrected chi connectivity index (χ1v) is 5.92. The van der Waals surface area contributed by atoms with Gasteiger partial charge < -0.3 is 4.74 Å². The Kier molecular flexibility index (Phi) is 2.89. The van der Waals surface area contributed by atoms with E-state index in [1.54, 1.807) is 13.8 Å². The van der Waals surface area contributed by atoms with Crippen LogP contribution in [-0.4, -0.2) is 23.8 Å². The van der Waals surface area contributed by atoms with E-state index in [4.69, 9.17) is 4.74 Å². The van der Waals surface area contributed by atoms with Gasteiger partial charge in [-0.3, -0.25) is 14.5 Å². The van der Waals surface area contributed by atoms with Crippen LogP contribution in [0.5, 0.6) is 5.75 Å². The second kappa shape index (κ2) is 4.12. The van der Waals surface area contributed by atoms with Gasteiger partial charge in [0.25, 0.3) is 5.91 Å². The quantitative estimate of drug-likeness (QED) is 0.804. The van der Waals surface area contributed by atoms with E-state index in [9.17, 15) is 9.59 Å². The molecule has 1 aromatic rings. The highest BCUT2D eigenvalue weighted by molar-refractivity contribution is 6.05. The molecule has 0 saturated heterocycles. The van der Waals surface area contributed by atoms with Gasteiger partial charge in [-0.25, -0.2) is 0 Å². The molecule has 0 radical (unpaired) electrons. The molecule has 0 saturated carbocycles. The Labute approximate surface area is 107 Å². The number of rotatable bonds is 2. The predicted octanol–water partition coefficient (Wildman–Crippen LogP) is 2.09. The van der Waals surface area contributed by atoms with Crippen molar-refractivity contribution in [2.45, 2.75) is 33.3 Å². The summed E-state index contributed by atoms with van der Waals surface area (Å²) in [6.45, 7) is 6.93. The molecule has 0 aliphatic carbocycles. The molecule has 1 aliphatic rings. The van der Waals surface area contributed by atoms with Gasteiger partial charge in [0.1, 0.15) is 11.5 Å².